The van der Waals surface area contributed by atoms with Crippen LogP contribution in [0.3, 0.4) is 0 Å². The Morgan fingerprint density at radius 1 is 1.12 bits per heavy atom. The minimum absolute atomic E-state index is 0.157. The molecule has 0 spiro atoms. The lowest BCUT2D eigenvalue weighted by Gasteiger charge is -2.23. The lowest BCUT2D eigenvalue weighted by Crippen LogP contribution is -2.15. The molecule has 0 N–H and O–H groups in total. The molecule has 2 nitrogen and oxygen atoms in total. The molecule has 4 unspecified atom stereocenters. The van der Waals surface area contributed by atoms with Crippen LogP contribution in [-0.2, 0) is 9.53 Å². The fourth-order valence-corrected chi connectivity index (χ4v) is 4.16. The average molecular weight is 224 g/mol. The Balaban J connectivity index is 0.000000142. The predicted octanol–water partition coefficient (Wildman–Crippen LogP) is 3.40. The van der Waals surface area contributed by atoms with E-state index in [2.05, 4.69) is 4.74 Å². The number of methoxy groups -OCH3 is 1. The van der Waals surface area contributed by atoms with Crippen LogP contribution in [-0.4, -0.2) is 13.1 Å². The first-order valence-corrected chi connectivity index (χ1v) is 6.83. The zero-order valence-electron chi connectivity index (χ0n) is 10.6. The molecule has 0 amide bonds. The van der Waals surface area contributed by atoms with Crippen LogP contribution in [0.15, 0.2) is 0 Å². The van der Waals surface area contributed by atoms with Crippen LogP contribution in [0.25, 0.3) is 0 Å². The quantitative estimate of drug-likeness (QED) is 0.638. The van der Waals surface area contributed by atoms with Gasteiger partial charge < -0.3 is 4.74 Å². The van der Waals surface area contributed by atoms with E-state index < -0.39 is 0 Å². The van der Waals surface area contributed by atoms with Crippen molar-refractivity contribution in [3.8, 4) is 0 Å². The first-order valence-electron chi connectivity index (χ1n) is 6.83. The number of rotatable bonds is 1. The van der Waals surface area contributed by atoms with Gasteiger partial charge in [-0.25, -0.2) is 0 Å². The number of hydrogen-bond acceptors (Lipinski definition) is 2. The van der Waals surface area contributed by atoms with Gasteiger partial charge in [-0.3, -0.25) is 4.79 Å². The van der Waals surface area contributed by atoms with Gasteiger partial charge in [0, 0.05) is 6.42 Å². The van der Waals surface area contributed by atoms with E-state index in [1.807, 2.05) is 0 Å². The van der Waals surface area contributed by atoms with Gasteiger partial charge in [0.2, 0.25) is 0 Å². The molecule has 2 bridgehead atoms. The Morgan fingerprint density at radius 2 is 1.69 bits per heavy atom. The molecule has 0 aromatic carbocycles. The van der Waals surface area contributed by atoms with Crippen molar-refractivity contribution in [1.82, 2.24) is 0 Å². The molecule has 0 radical (unpaired) electrons. The molecule has 2 heteroatoms. The van der Waals surface area contributed by atoms with Crippen molar-refractivity contribution in [2.24, 2.45) is 23.7 Å². The number of carbonyl (C=O) groups is 1. The molecule has 0 aromatic rings. The van der Waals surface area contributed by atoms with Crippen molar-refractivity contribution in [2.75, 3.05) is 7.11 Å². The third kappa shape index (κ3) is 2.26. The molecule has 3 aliphatic rings. The van der Waals surface area contributed by atoms with E-state index in [9.17, 15) is 4.79 Å². The zero-order chi connectivity index (χ0) is 11.5. The van der Waals surface area contributed by atoms with Crippen LogP contribution >= 0.6 is 0 Å². The fraction of sp³-hybridized carbons (Fsp3) is 0.929. The summed E-state index contributed by atoms with van der Waals surface area (Å²) in [6, 6.07) is 0. The van der Waals surface area contributed by atoms with Crippen LogP contribution in [0, 0.1) is 23.7 Å². The SMILES string of the molecule is C1CC2C3CCC(C3)C2C1.CCC(=O)OC. The van der Waals surface area contributed by atoms with E-state index in [0.717, 1.165) is 0 Å². The largest absolute Gasteiger partial charge is 0.469 e. The Hall–Kier alpha value is -0.530. The third-order valence-electron chi connectivity index (χ3n) is 4.87. The number of fused-ring (bicyclic) bond motifs is 5. The second-order valence-corrected chi connectivity index (χ2v) is 5.52. The van der Waals surface area contributed by atoms with E-state index in [-0.39, 0.29) is 5.97 Å². The summed E-state index contributed by atoms with van der Waals surface area (Å²) in [5.41, 5.74) is 0. The first kappa shape index (κ1) is 11.9. The van der Waals surface area contributed by atoms with Crippen LogP contribution in [0.2, 0.25) is 0 Å². The van der Waals surface area contributed by atoms with E-state index in [0.29, 0.717) is 6.42 Å². The van der Waals surface area contributed by atoms with Gasteiger partial charge >= 0.3 is 5.97 Å². The van der Waals surface area contributed by atoms with Crippen molar-refractivity contribution in [3.63, 3.8) is 0 Å². The van der Waals surface area contributed by atoms with Gasteiger partial charge in [0.25, 0.3) is 0 Å². The van der Waals surface area contributed by atoms with Gasteiger partial charge in [-0.05, 0) is 55.8 Å². The van der Waals surface area contributed by atoms with E-state index in [1.165, 1.54) is 30.8 Å². The maximum atomic E-state index is 9.96. The topological polar surface area (TPSA) is 26.3 Å². The molecule has 92 valence electrons. The summed E-state index contributed by atoms with van der Waals surface area (Å²) in [7, 11) is 1.38. The summed E-state index contributed by atoms with van der Waals surface area (Å²) in [5.74, 6) is 4.64. The smallest absolute Gasteiger partial charge is 0.305 e. The molecular weight excluding hydrogens is 200 g/mol. The third-order valence-corrected chi connectivity index (χ3v) is 4.87. The minimum Gasteiger partial charge on any atom is -0.469 e. The van der Waals surface area contributed by atoms with Crippen LogP contribution in [0.5, 0.6) is 0 Å². The molecule has 4 atom stereocenters. The Labute approximate surface area is 98.7 Å². The van der Waals surface area contributed by atoms with E-state index in [4.69, 9.17) is 0 Å². The maximum absolute atomic E-state index is 9.96. The second kappa shape index (κ2) is 5.20. The normalized spacial score (nSPS) is 38.9. The summed E-state index contributed by atoms with van der Waals surface area (Å²) in [5, 5.41) is 0. The molecule has 3 fully saturated rings. The standard InChI is InChI=1S/C10H16.C4H8O2/c1-2-9-7-4-5-8(6-7)10(9)3-1;1-3-4(5)6-2/h7-10H,1-6H2;3H2,1-2H3. The number of hydrogen-bond donors (Lipinski definition) is 0. The fourth-order valence-electron chi connectivity index (χ4n) is 4.16. The van der Waals surface area contributed by atoms with Crippen molar-refractivity contribution in [3.05, 3.63) is 0 Å². The second-order valence-electron chi connectivity index (χ2n) is 5.52. The Morgan fingerprint density at radius 3 is 2.06 bits per heavy atom. The number of ether oxygens (including phenoxy) is 1. The summed E-state index contributed by atoms with van der Waals surface area (Å²) < 4.78 is 4.26. The molecule has 3 aliphatic carbocycles. The minimum atomic E-state index is -0.157. The van der Waals surface area contributed by atoms with Gasteiger partial charge in [0.05, 0.1) is 7.11 Å². The highest BCUT2D eigenvalue weighted by Gasteiger charge is 2.48. The van der Waals surface area contributed by atoms with E-state index >= 15 is 0 Å². The summed E-state index contributed by atoms with van der Waals surface area (Å²) in [6.07, 6.45) is 10.0. The molecule has 0 aromatic heterocycles. The highest BCUT2D eigenvalue weighted by molar-refractivity contribution is 5.68. The Bertz CT molecular complexity index is 227. The predicted molar refractivity (Wildman–Crippen MR) is 64.0 cm³/mol. The van der Waals surface area contributed by atoms with Crippen LogP contribution < -0.4 is 0 Å². The summed E-state index contributed by atoms with van der Waals surface area (Å²) in [4.78, 5) is 9.96. The van der Waals surface area contributed by atoms with Crippen LogP contribution in [0.4, 0.5) is 0 Å². The molecule has 3 rings (SSSR count). The van der Waals surface area contributed by atoms with Crippen molar-refractivity contribution >= 4 is 5.97 Å². The van der Waals surface area contributed by atoms with Gasteiger partial charge in [-0.1, -0.05) is 13.3 Å². The maximum Gasteiger partial charge on any atom is 0.305 e. The van der Waals surface area contributed by atoms with Crippen molar-refractivity contribution in [1.29, 1.82) is 0 Å². The van der Waals surface area contributed by atoms with Gasteiger partial charge in [0.15, 0.2) is 0 Å². The highest BCUT2D eigenvalue weighted by Crippen LogP contribution is 2.58. The molecule has 0 heterocycles. The summed E-state index contributed by atoms with van der Waals surface area (Å²) >= 11 is 0. The molecular formula is C14H24O2. The molecule has 3 saturated carbocycles. The van der Waals surface area contributed by atoms with Gasteiger partial charge in [-0.2, -0.15) is 0 Å². The molecule has 16 heavy (non-hydrogen) atoms. The molecule has 0 saturated heterocycles. The lowest BCUT2D eigenvalue weighted by molar-refractivity contribution is -0.140. The Kier molecular flexibility index (Phi) is 3.88. The number of esters is 1. The monoisotopic (exact) mass is 224 g/mol. The van der Waals surface area contributed by atoms with Crippen LogP contribution in [0.1, 0.15) is 51.9 Å². The van der Waals surface area contributed by atoms with Gasteiger partial charge in [0.1, 0.15) is 0 Å². The zero-order valence-corrected chi connectivity index (χ0v) is 10.6. The summed E-state index contributed by atoms with van der Waals surface area (Å²) in [6.45, 7) is 1.76. The number of carbonyl (C=O) groups excluding carboxylic acids is 1. The lowest BCUT2D eigenvalue weighted by atomic mass is 9.82. The van der Waals surface area contributed by atoms with Crippen molar-refractivity contribution in [2.45, 2.75) is 51.9 Å². The van der Waals surface area contributed by atoms with Gasteiger partial charge in [-0.15, -0.1) is 0 Å². The highest BCUT2D eigenvalue weighted by atomic mass is 16.5. The first-order chi connectivity index (χ1) is 7.76. The molecule has 0 aliphatic heterocycles. The van der Waals surface area contributed by atoms with E-state index in [1.54, 1.807) is 45.4 Å². The average Bonchev–Trinajstić information content (AvgIpc) is 3.00. The van der Waals surface area contributed by atoms with Crippen molar-refractivity contribution < 1.29 is 9.53 Å².